The van der Waals surface area contributed by atoms with Crippen molar-refractivity contribution in [3.63, 3.8) is 0 Å². The van der Waals surface area contributed by atoms with Gasteiger partial charge < -0.3 is 10.2 Å². The normalized spacial score (nSPS) is 11.9. The largest absolute Gasteiger partial charge is 0.361 e. The molecule has 1 unspecified atom stereocenters. The average molecular weight is 386 g/mol. The Morgan fingerprint density at radius 2 is 1.66 bits per heavy atom. The number of anilines is 1. The number of benzene rings is 2. The van der Waals surface area contributed by atoms with Crippen molar-refractivity contribution in [3.8, 4) is 11.4 Å². The lowest BCUT2D eigenvalue weighted by Gasteiger charge is -2.21. The molecule has 0 saturated heterocycles. The molecule has 0 radical (unpaired) electrons. The van der Waals surface area contributed by atoms with E-state index < -0.39 is 0 Å². The number of carbonyl (C=O) groups excluding carboxylic acids is 1. The van der Waals surface area contributed by atoms with Gasteiger partial charge in [0.25, 0.3) is 0 Å². The van der Waals surface area contributed by atoms with Gasteiger partial charge in [0.05, 0.1) is 12.5 Å². The van der Waals surface area contributed by atoms with Crippen LogP contribution in [-0.4, -0.2) is 44.7 Å². The lowest BCUT2D eigenvalue weighted by molar-refractivity contribution is -0.128. The maximum Gasteiger partial charge on any atom is 0.224 e. The molecule has 146 valence electrons. The van der Waals surface area contributed by atoms with Crippen LogP contribution in [0.1, 0.15) is 18.0 Å². The lowest BCUT2D eigenvalue weighted by Crippen LogP contribution is -2.26. The topological polar surface area (TPSA) is 75.4 Å². The Morgan fingerprint density at radius 3 is 2.34 bits per heavy atom. The Kier molecular flexibility index (Phi) is 5.20. The summed E-state index contributed by atoms with van der Waals surface area (Å²) in [7, 11) is 3.52. The quantitative estimate of drug-likeness (QED) is 0.550. The Balaban J connectivity index is 1.68. The van der Waals surface area contributed by atoms with Crippen LogP contribution in [0, 0.1) is 0 Å². The molecule has 2 aromatic heterocycles. The summed E-state index contributed by atoms with van der Waals surface area (Å²) < 4.78 is 1.72. The fourth-order valence-electron chi connectivity index (χ4n) is 3.11. The van der Waals surface area contributed by atoms with Gasteiger partial charge in [-0.2, -0.15) is 4.52 Å². The second kappa shape index (κ2) is 8.10. The summed E-state index contributed by atoms with van der Waals surface area (Å²) in [5.74, 6) is 1.36. The zero-order valence-corrected chi connectivity index (χ0v) is 16.4. The van der Waals surface area contributed by atoms with Gasteiger partial charge in [0, 0.05) is 19.7 Å². The summed E-state index contributed by atoms with van der Waals surface area (Å²) in [6.45, 7) is 0. The number of amides is 1. The second-order valence-electron chi connectivity index (χ2n) is 6.98. The number of nitrogens with one attached hydrogen (secondary N) is 1. The molecular formula is C22H22N6O. The predicted octanol–water partition coefficient (Wildman–Crippen LogP) is 3.42. The maximum atomic E-state index is 12.4. The van der Waals surface area contributed by atoms with Crippen LogP contribution < -0.4 is 5.32 Å². The Hall–Kier alpha value is -3.74. The van der Waals surface area contributed by atoms with Crippen LogP contribution in [-0.2, 0) is 4.79 Å². The van der Waals surface area contributed by atoms with E-state index in [-0.39, 0.29) is 11.9 Å². The molecule has 2 aromatic carbocycles. The van der Waals surface area contributed by atoms with E-state index in [2.05, 4.69) is 20.6 Å². The molecule has 4 rings (SSSR count). The van der Waals surface area contributed by atoms with E-state index in [1.165, 1.54) is 0 Å². The van der Waals surface area contributed by atoms with Gasteiger partial charge in [-0.25, -0.2) is 0 Å². The first-order chi connectivity index (χ1) is 14.1. The van der Waals surface area contributed by atoms with Crippen LogP contribution >= 0.6 is 0 Å². The van der Waals surface area contributed by atoms with Crippen LogP contribution in [0.2, 0.25) is 0 Å². The first-order valence-electron chi connectivity index (χ1n) is 9.41. The van der Waals surface area contributed by atoms with E-state index >= 15 is 0 Å². The number of hydrogen-bond donors (Lipinski definition) is 1. The molecule has 0 bridgehead atoms. The summed E-state index contributed by atoms with van der Waals surface area (Å²) in [6, 6.07) is 23.2. The van der Waals surface area contributed by atoms with Crippen molar-refractivity contribution in [2.24, 2.45) is 0 Å². The van der Waals surface area contributed by atoms with E-state index in [9.17, 15) is 4.79 Å². The van der Waals surface area contributed by atoms with Crippen molar-refractivity contribution in [1.82, 2.24) is 24.7 Å². The minimum atomic E-state index is -0.201. The van der Waals surface area contributed by atoms with E-state index in [0.29, 0.717) is 23.7 Å². The predicted molar refractivity (Wildman–Crippen MR) is 112 cm³/mol. The van der Waals surface area contributed by atoms with Crippen molar-refractivity contribution in [2.45, 2.75) is 12.5 Å². The van der Waals surface area contributed by atoms with E-state index in [1.54, 1.807) is 23.5 Å². The summed E-state index contributed by atoms with van der Waals surface area (Å²) in [4.78, 5) is 14.0. The third kappa shape index (κ3) is 4.08. The van der Waals surface area contributed by atoms with Gasteiger partial charge in [-0.1, -0.05) is 60.7 Å². The molecule has 7 heteroatoms. The number of aromatic nitrogens is 4. The zero-order valence-electron chi connectivity index (χ0n) is 16.4. The molecule has 1 atom stereocenters. The number of rotatable bonds is 6. The molecule has 7 nitrogen and oxygen atoms in total. The highest BCUT2D eigenvalue weighted by atomic mass is 16.2. The van der Waals surface area contributed by atoms with Crippen molar-refractivity contribution in [2.75, 3.05) is 19.4 Å². The van der Waals surface area contributed by atoms with Crippen molar-refractivity contribution in [3.05, 3.63) is 78.4 Å². The fraction of sp³-hybridized carbons (Fsp3) is 0.182. The third-order valence-corrected chi connectivity index (χ3v) is 4.70. The van der Waals surface area contributed by atoms with Gasteiger partial charge in [-0.15, -0.1) is 15.3 Å². The summed E-state index contributed by atoms with van der Waals surface area (Å²) in [6.07, 6.45) is 0.324. The van der Waals surface area contributed by atoms with Gasteiger partial charge in [0.1, 0.15) is 5.82 Å². The lowest BCUT2D eigenvalue weighted by atomic mass is 10.0. The van der Waals surface area contributed by atoms with E-state index in [0.717, 1.165) is 11.1 Å². The standard InChI is InChI=1S/C22H22N6O/c1-27(2)21(29)15-18(16-9-5-3-6-10-16)23-19-13-14-20-24-25-22(28(20)26-19)17-11-7-4-8-12-17/h3-14,18H,15H2,1-2H3,(H,23,26). The summed E-state index contributed by atoms with van der Waals surface area (Å²) >= 11 is 0. The molecule has 1 amide bonds. The van der Waals surface area contributed by atoms with Crippen LogP contribution in [0.5, 0.6) is 0 Å². The highest BCUT2D eigenvalue weighted by Crippen LogP contribution is 2.24. The molecule has 4 aromatic rings. The number of fused-ring (bicyclic) bond motifs is 1. The third-order valence-electron chi connectivity index (χ3n) is 4.70. The zero-order chi connectivity index (χ0) is 20.2. The van der Waals surface area contributed by atoms with Crippen LogP contribution in [0.3, 0.4) is 0 Å². The molecular weight excluding hydrogens is 364 g/mol. The van der Waals surface area contributed by atoms with Crippen LogP contribution in [0.15, 0.2) is 72.8 Å². The molecule has 2 heterocycles. The molecule has 0 aliphatic rings. The first-order valence-corrected chi connectivity index (χ1v) is 9.41. The smallest absolute Gasteiger partial charge is 0.224 e. The van der Waals surface area contributed by atoms with Crippen molar-refractivity contribution < 1.29 is 4.79 Å². The summed E-state index contributed by atoms with van der Waals surface area (Å²) in [5, 5.41) is 16.6. The minimum absolute atomic E-state index is 0.0432. The molecule has 0 fully saturated rings. The Morgan fingerprint density at radius 1 is 0.966 bits per heavy atom. The van der Waals surface area contributed by atoms with E-state index in [4.69, 9.17) is 0 Å². The average Bonchev–Trinajstić information content (AvgIpc) is 3.17. The number of carbonyl (C=O) groups is 1. The molecule has 29 heavy (non-hydrogen) atoms. The monoisotopic (exact) mass is 386 g/mol. The first kappa shape index (κ1) is 18.6. The number of hydrogen-bond acceptors (Lipinski definition) is 5. The SMILES string of the molecule is CN(C)C(=O)CC(Nc1ccc2nnc(-c3ccccc3)n2n1)c1ccccc1. The maximum absolute atomic E-state index is 12.4. The van der Waals surface area contributed by atoms with Gasteiger partial charge in [0.2, 0.25) is 5.91 Å². The summed E-state index contributed by atoms with van der Waals surface area (Å²) in [5.41, 5.74) is 2.62. The molecule has 1 N–H and O–H groups in total. The van der Waals surface area contributed by atoms with Crippen molar-refractivity contribution >= 4 is 17.4 Å². The van der Waals surface area contributed by atoms with Crippen molar-refractivity contribution in [1.29, 1.82) is 0 Å². The van der Waals surface area contributed by atoms with Crippen LogP contribution in [0.25, 0.3) is 17.0 Å². The number of nitrogens with zero attached hydrogens (tertiary/aromatic N) is 5. The fourth-order valence-corrected chi connectivity index (χ4v) is 3.11. The molecule has 0 aliphatic heterocycles. The Labute approximate surface area is 169 Å². The highest BCUT2D eigenvalue weighted by molar-refractivity contribution is 5.77. The Bertz CT molecular complexity index is 1110. The van der Waals surface area contributed by atoms with E-state index in [1.807, 2.05) is 72.8 Å². The molecule has 0 aliphatic carbocycles. The van der Waals surface area contributed by atoms with Crippen LogP contribution in [0.4, 0.5) is 5.82 Å². The second-order valence-corrected chi connectivity index (χ2v) is 6.98. The minimum Gasteiger partial charge on any atom is -0.361 e. The van der Waals surface area contributed by atoms with Gasteiger partial charge in [-0.05, 0) is 17.7 Å². The van der Waals surface area contributed by atoms with Gasteiger partial charge >= 0.3 is 0 Å². The molecule has 0 spiro atoms. The van der Waals surface area contributed by atoms with Gasteiger partial charge in [0.15, 0.2) is 11.5 Å². The highest BCUT2D eigenvalue weighted by Gasteiger charge is 2.18. The van der Waals surface area contributed by atoms with Gasteiger partial charge in [-0.3, -0.25) is 4.79 Å². The molecule has 0 saturated carbocycles.